The topological polar surface area (TPSA) is 27.1 Å². The van der Waals surface area contributed by atoms with Crippen LogP contribution in [0.4, 0.5) is 0 Å². The van der Waals surface area contributed by atoms with Crippen molar-refractivity contribution in [2.45, 2.75) is 39.8 Å². The Morgan fingerprint density at radius 1 is 1.15 bits per heavy atom. The number of benzene rings is 1. The van der Waals surface area contributed by atoms with E-state index in [1.807, 2.05) is 12.3 Å². The van der Waals surface area contributed by atoms with Gasteiger partial charge in [0.15, 0.2) is 0 Å². The van der Waals surface area contributed by atoms with Gasteiger partial charge in [0, 0.05) is 29.9 Å². The van der Waals surface area contributed by atoms with Crippen LogP contribution in [0.25, 0.3) is 10.9 Å². The number of rotatable bonds is 5. The second kappa shape index (κ2) is 7.67. The third kappa shape index (κ3) is 3.66. The fraction of sp³-hybridized carbons (Fsp3) is 0.350. The molecule has 6 heteroatoms. The Labute approximate surface area is 169 Å². The molecule has 1 aliphatic carbocycles. The lowest BCUT2D eigenvalue weighted by Gasteiger charge is -2.12. The van der Waals surface area contributed by atoms with Gasteiger partial charge in [-0.25, -0.2) is 0 Å². The molecule has 138 valence electrons. The lowest BCUT2D eigenvalue weighted by Crippen LogP contribution is -2.06. The lowest BCUT2D eigenvalue weighted by molar-refractivity contribution is 0.302. The highest BCUT2D eigenvalue weighted by molar-refractivity contribution is 6.42. The van der Waals surface area contributed by atoms with Crippen LogP contribution in [0.2, 0.25) is 10.0 Å². The predicted octanol–water partition coefficient (Wildman–Crippen LogP) is 6.37. The number of halogens is 3. The second-order valence-electron chi connectivity index (χ2n) is 6.78. The van der Waals surface area contributed by atoms with Crippen molar-refractivity contribution >= 4 is 46.5 Å². The van der Waals surface area contributed by atoms with Crippen LogP contribution in [0.1, 0.15) is 29.8 Å². The first kappa shape index (κ1) is 19.3. The largest absolute Gasteiger partial charge is 0.487 e. The highest BCUT2D eigenvalue weighted by Gasteiger charge is 2.25. The zero-order valence-corrected chi connectivity index (χ0v) is 17.1. The summed E-state index contributed by atoms with van der Waals surface area (Å²) >= 11 is 12.0. The van der Waals surface area contributed by atoms with Crippen LogP contribution < -0.4 is 4.74 Å². The Bertz CT molecular complexity index is 948. The van der Waals surface area contributed by atoms with E-state index in [0.717, 1.165) is 18.2 Å². The van der Waals surface area contributed by atoms with Gasteiger partial charge >= 0.3 is 0 Å². The number of hydrogen-bond acceptors (Lipinski definition) is 2. The molecule has 0 spiro atoms. The zero-order chi connectivity index (χ0) is 17.6. The van der Waals surface area contributed by atoms with Crippen LogP contribution in [0.3, 0.4) is 0 Å². The Morgan fingerprint density at radius 2 is 1.92 bits per heavy atom. The van der Waals surface area contributed by atoms with Gasteiger partial charge in [-0.3, -0.25) is 4.98 Å². The third-order valence-electron chi connectivity index (χ3n) is 5.03. The molecule has 4 rings (SSSR count). The van der Waals surface area contributed by atoms with Gasteiger partial charge in [0.05, 0.1) is 15.6 Å². The molecule has 0 aliphatic heterocycles. The van der Waals surface area contributed by atoms with Crippen LogP contribution >= 0.6 is 35.6 Å². The van der Waals surface area contributed by atoms with Crippen LogP contribution in [-0.2, 0) is 13.2 Å². The Hall–Kier alpha value is -1.42. The number of hydrogen-bond donors (Lipinski definition) is 0. The van der Waals surface area contributed by atoms with Crippen LogP contribution in [-0.4, -0.2) is 9.55 Å². The van der Waals surface area contributed by atoms with Crippen LogP contribution in [0, 0.1) is 19.8 Å². The van der Waals surface area contributed by atoms with E-state index in [2.05, 4.69) is 29.5 Å². The molecule has 0 amide bonds. The van der Waals surface area contributed by atoms with Crippen molar-refractivity contribution in [2.75, 3.05) is 0 Å². The number of fused-ring (bicyclic) bond motifs is 1. The zero-order valence-electron chi connectivity index (χ0n) is 14.8. The van der Waals surface area contributed by atoms with E-state index in [1.165, 1.54) is 35.0 Å². The summed E-state index contributed by atoms with van der Waals surface area (Å²) in [6, 6.07) is 7.42. The standard InChI is InChI=1S/C20H20Cl2N2O.ClH/c1-12-13(2)24(10-14-3-4-14)20-16(12)7-8-23-19(20)11-25-15-5-6-17(21)18(22)9-15;/h5-9,14H,3-4,10-11H2,1-2H3;1H. The molecule has 0 atom stereocenters. The van der Waals surface area contributed by atoms with Crippen molar-refractivity contribution in [1.29, 1.82) is 0 Å². The molecule has 0 radical (unpaired) electrons. The SMILES string of the molecule is Cc1c(C)n(CC2CC2)c2c(COc3ccc(Cl)c(Cl)c3)nccc12.Cl. The molecule has 1 saturated carbocycles. The van der Waals surface area contributed by atoms with Gasteiger partial charge in [-0.2, -0.15) is 0 Å². The minimum atomic E-state index is 0. The molecule has 1 aliphatic rings. The minimum absolute atomic E-state index is 0. The number of nitrogens with zero attached hydrogens (tertiary/aromatic N) is 2. The molecule has 2 heterocycles. The highest BCUT2D eigenvalue weighted by Crippen LogP contribution is 2.35. The fourth-order valence-electron chi connectivity index (χ4n) is 3.28. The summed E-state index contributed by atoms with van der Waals surface area (Å²) in [5.41, 5.74) is 4.81. The van der Waals surface area contributed by atoms with E-state index in [-0.39, 0.29) is 12.4 Å². The molecule has 0 bridgehead atoms. The summed E-state index contributed by atoms with van der Waals surface area (Å²) in [5.74, 6) is 1.50. The number of ether oxygens (including phenoxy) is 1. The van der Waals surface area contributed by atoms with E-state index in [0.29, 0.717) is 22.4 Å². The van der Waals surface area contributed by atoms with Crippen molar-refractivity contribution < 1.29 is 4.74 Å². The average molecular weight is 412 g/mol. The molecular weight excluding hydrogens is 391 g/mol. The van der Waals surface area contributed by atoms with E-state index in [1.54, 1.807) is 12.1 Å². The third-order valence-corrected chi connectivity index (χ3v) is 5.76. The number of pyridine rings is 1. The number of aryl methyl sites for hydroxylation is 1. The van der Waals surface area contributed by atoms with Gasteiger partial charge in [0.1, 0.15) is 18.1 Å². The Kier molecular flexibility index (Phi) is 5.71. The summed E-state index contributed by atoms with van der Waals surface area (Å²) < 4.78 is 8.36. The smallest absolute Gasteiger partial charge is 0.132 e. The van der Waals surface area contributed by atoms with E-state index in [4.69, 9.17) is 27.9 Å². The molecule has 2 aromatic heterocycles. The molecule has 0 unspecified atom stereocenters. The molecule has 0 saturated heterocycles. The maximum absolute atomic E-state index is 6.07. The number of aromatic nitrogens is 2. The summed E-state index contributed by atoms with van der Waals surface area (Å²) in [6.45, 7) is 5.86. The average Bonchev–Trinajstić information content (AvgIpc) is 3.39. The maximum atomic E-state index is 6.07. The van der Waals surface area contributed by atoms with Crippen molar-refractivity contribution in [3.8, 4) is 5.75 Å². The first-order chi connectivity index (χ1) is 12.0. The van der Waals surface area contributed by atoms with Gasteiger partial charge in [-0.05, 0) is 56.4 Å². The normalized spacial score (nSPS) is 13.7. The predicted molar refractivity (Wildman–Crippen MR) is 110 cm³/mol. The summed E-state index contributed by atoms with van der Waals surface area (Å²) in [7, 11) is 0. The summed E-state index contributed by atoms with van der Waals surface area (Å²) in [4.78, 5) is 4.60. The molecule has 3 aromatic rings. The van der Waals surface area contributed by atoms with Gasteiger partial charge in [-0.1, -0.05) is 23.2 Å². The first-order valence-corrected chi connectivity index (χ1v) is 9.31. The van der Waals surface area contributed by atoms with Crippen molar-refractivity contribution in [1.82, 2.24) is 9.55 Å². The monoisotopic (exact) mass is 410 g/mol. The first-order valence-electron chi connectivity index (χ1n) is 8.55. The van der Waals surface area contributed by atoms with Crippen molar-refractivity contribution in [2.24, 2.45) is 5.92 Å². The fourth-order valence-corrected chi connectivity index (χ4v) is 3.57. The summed E-state index contributed by atoms with van der Waals surface area (Å²) in [5, 5.41) is 2.29. The second-order valence-corrected chi connectivity index (χ2v) is 7.60. The van der Waals surface area contributed by atoms with Crippen molar-refractivity contribution in [3.63, 3.8) is 0 Å². The molecule has 1 fully saturated rings. The Morgan fingerprint density at radius 3 is 2.62 bits per heavy atom. The minimum Gasteiger partial charge on any atom is -0.487 e. The summed E-state index contributed by atoms with van der Waals surface area (Å²) in [6.07, 6.45) is 4.52. The lowest BCUT2D eigenvalue weighted by atomic mass is 10.2. The van der Waals surface area contributed by atoms with Gasteiger partial charge in [0.2, 0.25) is 0 Å². The van der Waals surface area contributed by atoms with E-state index < -0.39 is 0 Å². The van der Waals surface area contributed by atoms with Crippen LogP contribution in [0.5, 0.6) is 5.75 Å². The van der Waals surface area contributed by atoms with Crippen LogP contribution in [0.15, 0.2) is 30.5 Å². The van der Waals surface area contributed by atoms with Gasteiger partial charge in [-0.15, -0.1) is 12.4 Å². The molecule has 26 heavy (non-hydrogen) atoms. The molecular formula is C20H21Cl3N2O. The van der Waals surface area contributed by atoms with Crippen molar-refractivity contribution in [3.05, 3.63) is 57.5 Å². The van der Waals surface area contributed by atoms with Gasteiger partial charge in [0.25, 0.3) is 0 Å². The molecule has 1 aromatic carbocycles. The Balaban J connectivity index is 0.00000196. The molecule has 0 N–H and O–H groups in total. The molecule has 3 nitrogen and oxygen atoms in total. The highest BCUT2D eigenvalue weighted by atomic mass is 35.5. The van der Waals surface area contributed by atoms with E-state index >= 15 is 0 Å². The quantitative estimate of drug-likeness (QED) is 0.487. The van der Waals surface area contributed by atoms with Gasteiger partial charge < -0.3 is 9.30 Å². The van der Waals surface area contributed by atoms with E-state index in [9.17, 15) is 0 Å². The maximum Gasteiger partial charge on any atom is 0.132 e.